The molecule has 1 saturated carbocycles. The Balaban J connectivity index is 2.17. The minimum Gasteiger partial charge on any atom is -0.360 e. The van der Waals surface area contributed by atoms with Crippen molar-refractivity contribution in [2.24, 2.45) is 0 Å². The van der Waals surface area contributed by atoms with E-state index in [9.17, 15) is 9.59 Å². The van der Waals surface area contributed by atoms with Crippen molar-refractivity contribution in [1.82, 2.24) is 10.2 Å². The molecule has 0 spiro atoms. The quantitative estimate of drug-likeness (QED) is 0.769. The van der Waals surface area contributed by atoms with Crippen LogP contribution in [0.5, 0.6) is 0 Å². The van der Waals surface area contributed by atoms with Crippen LogP contribution in [-0.4, -0.2) is 48.1 Å². The highest BCUT2D eigenvalue weighted by molar-refractivity contribution is 5.91. The second kappa shape index (κ2) is 6.90. The van der Waals surface area contributed by atoms with Gasteiger partial charge in [-0.15, -0.1) is 0 Å². The smallest absolute Gasteiger partial charge is 0.248 e. The van der Waals surface area contributed by atoms with Gasteiger partial charge in [0.05, 0.1) is 19.2 Å². The number of nitrogens with one attached hydrogen (secondary N) is 1. The van der Waals surface area contributed by atoms with Gasteiger partial charge in [-0.3, -0.25) is 9.59 Å². The lowest BCUT2D eigenvalue weighted by Crippen LogP contribution is -2.61. The number of rotatable bonds is 2. The maximum atomic E-state index is 13.0. The summed E-state index contributed by atoms with van der Waals surface area (Å²) in [7, 11) is 0. The number of carbonyl (C=O) groups excluding carboxylic acids is 2. The fraction of sp³-hybridized carbons (Fsp3) is 0.800. The topological polar surface area (TPSA) is 82.4 Å². The van der Waals surface area contributed by atoms with Crippen LogP contribution >= 0.6 is 0 Å². The first-order chi connectivity index (χ1) is 10.1. The van der Waals surface area contributed by atoms with Crippen molar-refractivity contribution in [3.8, 4) is 6.07 Å². The molecule has 0 radical (unpaired) electrons. The van der Waals surface area contributed by atoms with Crippen molar-refractivity contribution in [2.45, 2.75) is 57.1 Å². The van der Waals surface area contributed by atoms with Gasteiger partial charge in [-0.2, -0.15) is 5.26 Å². The normalized spacial score (nSPS) is 25.5. The van der Waals surface area contributed by atoms with Crippen LogP contribution in [0.25, 0.3) is 0 Å². The fourth-order valence-electron chi connectivity index (χ4n) is 3.28. The van der Waals surface area contributed by atoms with Crippen LogP contribution in [0, 0.1) is 11.3 Å². The zero-order valence-corrected chi connectivity index (χ0v) is 12.6. The van der Waals surface area contributed by atoms with E-state index in [-0.39, 0.29) is 18.4 Å². The number of hydrogen-bond acceptors (Lipinski definition) is 4. The van der Waals surface area contributed by atoms with E-state index in [4.69, 9.17) is 10.00 Å². The number of nitrogens with zero attached hydrogens (tertiary/aromatic N) is 2. The van der Waals surface area contributed by atoms with Crippen molar-refractivity contribution < 1.29 is 14.3 Å². The molecule has 2 amide bonds. The van der Waals surface area contributed by atoms with Gasteiger partial charge in [0.2, 0.25) is 11.8 Å². The van der Waals surface area contributed by atoms with Crippen molar-refractivity contribution in [3.63, 3.8) is 0 Å². The van der Waals surface area contributed by atoms with Gasteiger partial charge in [0, 0.05) is 13.5 Å². The third-order valence-corrected chi connectivity index (χ3v) is 4.28. The first-order valence-corrected chi connectivity index (χ1v) is 7.67. The molecule has 2 aliphatic rings. The summed E-state index contributed by atoms with van der Waals surface area (Å²) in [5.74, 6) is -0.224. The summed E-state index contributed by atoms with van der Waals surface area (Å²) in [5, 5.41) is 11.9. The SMILES string of the molecule is CC(=O)NC1(C(=O)N2CCOC(C#N)C2)CCCCCC1. The average Bonchev–Trinajstić information content (AvgIpc) is 2.72. The van der Waals surface area contributed by atoms with E-state index in [0.29, 0.717) is 26.0 Å². The number of morpholine rings is 1. The van der Waals surface area contributed by atoms with Gasteiger partial charge in [0.15, 0.2) is 6.10 Å². The predicted molar refractivity (Wildman–Crippen MR) is 76.2 cm³/mol. The molecule has 1 atom stereocenters. The molecular weight excluding hydrogens is 270 g/mol. The summed E-state index contributed by atoms with van der Waals surface area (Å²) < 4.78 is 5.29. The van der Waals surface area contributed by atoms with Crippen LogP contribution in [0.4, 0.5) is 0 Å². The van der Waals surface area contributed by atoms with Crippen molar-refractivity contribution >= 4 is 11.8 Å². The maximum Gasteiger partial charge on any atom is 0.248 e. The number of ether oxygens (including phenoxy) is 1. The maximum absolute atomic E-state index is 13.0. The Morgan fingerprint density at radius 2 is 1.95 bits per heavy atom. The summed E-state index contributed by atoms with van der Waals surface area (Å²) in [6, 6.07) is 2.05. The Bertz CT molecular complexity index is 436. The summed E-state index contributed by atoms with van der Waals surface area (Å²) in [5.41, 5.74) is -0.792. The van der Waals surface area contributed by atoms with Crippen molar-refractivity contribution in [2.75, 3.05) is 19.7 Å². The molecule has 0 bridgehead atoms. The van der Waals surface area contributed by atoms with Gasteiger partial charge in [-0.1, -0.05) is 25.7 Å². The molecule has 1 unspecified atom stereocenters. The minimum atomic E-state index is -0.792. The van der Waals surface area contributed by atoms with Crippen LogP contribution < -0.4 is 5.32 Å². The van der Waals surface area contributed by atoms with E-state index in [1.54, 1.807) is 4.90 Å². The summed E-state index contributed by atoms with van der Waals surface area (Å²) in [4.78, 5) is 26.2. The lowest BCUT2D eigenvalue weighted by molar-refractivity contribution is -0.147. The van der Waals surface area contributed by atoms with Gasteiger partial charge < -0.3 is 15.0 Å². The summed E-state index contributed by atoms with van der Waals surface area (Å²) >= 11 is 0. The second-order valence-corrected chi connectivity index (χ2v) is 5.92. The van der Waals surface area contributed by atoms with Crippen LogP contribution in [-0.2, 0) is 14.3 Å². The van der Waals surface area contributed by atoms with Crippen LogP contribution in [0.2, 0.25) is 0 Å². The van der Waals surface area contributed by atoms with Gasteiger partial charge >= 0.3 is 0 Å². The fourth-order valence-corrected chi connectivity index (χ4v) is 3.28. The van der Waals surface area contributed by atoms with E-state index >= 15 is 0 Å². The lowest BCUT2D eigenvalue weighted by atomic mass is 9.88. The minimum absolute atomic E-state index is 0.0526. The molecule has 0 aromatic rings. The number of carbonyl (C=O) groups is 2. The van der Waals surface area contributed by atoms with Crippen LogP contribution in [0.15, 0.2) is 0 Å². The van der Waals surface area contributed by atoms with E-state index in [0.717, 1.165) is 25.7 Å². The molecule has 116 valence electrons. The Morgan fingerprint density at radius 3 is 2.52 bits per heavy atom. The average molecular weight is 293 g/mol. The Morgan fingerprint density at radius 1 is 1.29 bits per heavy atom. The first-order valence-electron chi connectivity index (χ1n) is 7.67. The predicted octanol–water partition coefficient (Wildman–Crippen LogP) is 0.966. The van der Waals surface area contributed by atoms with Gasteiger partial charge in [-0.05, 0) is 12.8 Å². The van der Waals surface area contributed by atoms with Gasteiger partial charge in [0.25, 0.3) is 0 Å². The lowest BCUT2D eigenvalue weighted by Gasteiger charge is -2.39. The third-order valence-electron chi connectivity index (χ3n) is 4.28. The molecule has 2 fully saturated rings. The van der Waals surface area contributed by atoms with Crippen molar-refractivity contribution in [3.05, 3.63) is 0 Å². The molecular formula is C15H23N3O3. The first kappa shape index (κ1) is 15.8. The number of amides is 2. The molecule has 6 nitrogen and oxygen atoms in total. The molecule has 2 rings (SSSR count). The molecule has 21 heavy (non-hydrogen) atoms. The molecule has 0 aromatic carbocycles. The molecule has 6 heteroatoms. The highest BCUT2D eigenvalue weighted by Gasteiger charge is 2.43. The highest BCUT2D eigenvalue weighted by atomic mass is 16.5. The summed E-state index contributed by atoms with van der Waals surface area (Å²) in [6.45, 7) is 2.60. The molecule has 1 saturated heterocycles. The molecule has 1 aliphatic heterocycles. The molecule has 0 aromatic heterocycles. The largest absolute Gasteiger partial charge is 0.360 e. The molecule has 1 N–H and O–H groups in total. The highest BCUT2D eigenvalue weighted by Crippen LogP contribution is 2.29. The Hall–Kier alpha value is -1.61. The van der Waals surface area contributed by atoms with Gasteiger partial charge in [0.1, 0.15) is 5.54 Å². The Labute approximate surface area is 125 Å². The van der Waals surface area contributed by atoms with Crippen molar-refractivity contribution in [1.29, 1.82) is 5.26 Å². The molecule has 1 aliphatic carbocycles. The summed E-state index contributed by atoms with van der Waals surface area (Å²) in [6.07, 6.45) is 4.87. The second-order valence-electron chi connectivity index (χ2n) is 5.92. The van der Waals surface area contributed by atoms with Crippen LogP contribution in [0.1, 0.15) is 45.4 Å². The van der Waals surface area contributed by atoms with E-state index < -0.39 is 11.6 Å². The van der Waals surface area contributed by atoms with E-state index in [1.165, 1.54) is 6.92 Å². The van der Waals surface area contributed by atoms with Gasteiger partial charge in [-0.25, -0.2) is 0 Å². The Kier molecular flexibility index (Phi) is 5.18. The monoisotopic (exact) mass is 293 g/mol. The zero-order valence-electron chi connectivity index (χ0n) is 12.6. The third kappa shape index (κ3) is 3.73. The standard InChI is InChI=1S/C15H23N3O3/c1-12(19)17-15(6-4-2-3-5-7-15)14(20)18-8-9-21-13(10-16)11-18/h13H,2-9,11H2,1H3,(H,17,19). The van der Waals surface area contributed by atoms with E-state index in [1.807, 2.05) is 0 Å². The number of nitriles is 1. The zero-order chi connectivity index (χ0) is 15.3. The number of hydrogen-bond donors (Lipinski definition) is 1. The molecule has 1 heterocycles. The van der Waals surface area contributed by atoms with Crippen LogP contribution in [0.3, 0.4) is 0 Å². The van der Waals surface area contributed by atoms with E-state index in [2.05, 4.69) is 11.4 Å².